The topological polar surface area (TPSA) is 72.9 Å². The minimum atomic E-state index is 0.0606. The maximum atomic E-state index is 6.25. The Labute approximate surface area is 169 Å². The van der Waals surface area contributed by atoms with Crippen LogP contribution in [-0.4, -0.2) is 47.3 Å². The molecule has 1 aliphatic heterocycles. The highest BCUT2D eigenvalue weighted by Crippen LogP contribution is 2.27. The van der Waals surface area contributed by atoms with Crippen molar-refractivity contribution >= 4 is 17.4 Å². The minimum absolute atomic E-state index is 0.0606. The Morgan fingerprint density at radius 3 is 2.68 bits per heavy atom. The molecular weight excluding hydrogens is 374 g/mol. The number of quaternary nitrogens is 1. The fourth-order valence-electron chi connectivity index (χ4n) is 3.34. The highest BCUT2D eigenvalue weighted by atomic mass is 32.2. The Morgan fingerprint density at radius 1 is 1.21 bits per heavy atom. The lowest BCUT2D eigenvalue weighted by Crippen LogP contribution is -2.82. The summed E-state index contributed by atoms with van der Waals surface area (Å²) in [5, 5.41) is 11.8. The standard InChI is InChI=1S/C20H25N5O2S/c1-13-17(9-10-26-13)18-22-23-20(25(18)4)28-12-16-11-21-19(27-16)14-5-7-15(8-6-14)24(2)3/h5-10,16,19,21H,11-12H2,1-4H3/p+1/t16-,19-/m1/s1. The van der Waals surface area contributed by atoms with E-state index in [0.29, 0.717) is 0 Å². The quantitative estimate of drug-likeness (QED) is 0.640. The number of anilines is 1. The molecule has 1 aliphatic rings. The van der Waals surface area contributed by atoms with Gasteiger partial charge in [0.25, 0.3) is 0 Å². The third kappa shape index (κ3) is 3.80. The van der Waals surface area contributed by atoms with Gasteiger partial charge in [0, 0.05) is 38.1 Å². The number of benzene rings is 1. The van der Waals surface area contributed by atoms with Gasteiger partial charge in [0.2, 0.25) is 6.23 Å². The Balaban J connectivity index is 1.35. The van der Waals surface area contributed by atoms with Gasteiger partial charge in [-0.25, -0.2) is 0 Å². The second kappa shape index (κ2) is 7.98. The molecule has 0 amide bonds. The van der Waals surface area contributed by atoms with E-state index in [9.17, 15) is 0 Å². The molecule has 7 nitrogen and oxygen atoms in total. The van der Waals surface area contributed by atoms with Crippen molar-refractivity contribution in [2.75, 3.05) is 31.3 Å². The zero-order valence-electron chi connectivity index (χ0n) is 16.6. The molecule has 1 fully saturated rings. The molecule has 0 bridgehead atoms. The van der Waals surface area contributed by atoms with Crippen LogP contribution in [0.2, 0.25) is 0 Å². The first kappa shape index (κ1) is 19.0. The predicted octanol–water partition coefficient (Wildman–Crippen LogP) is 2.20. The highest BCUT2D eigenvalue weighted by molar-refractivity contribution is 7.99. The maximum Gasteiger partial charge on any atom is 0.217 e. The molecule has 148 valence electrons. The molecule has 2 aromatic heterocycles. The zero-order chi connectivity index (χ0) is 19.7. The smallest absolute Gasteiger partial charge is 0.217 e. The van der Waals surface area contributed by atoms with Crippen LogP contribution in [0.25, 0.3) is 11.4 Å². The number of nitrogens with two attached hydrogens (primary N) is 1. The third-order valence-corrected chi connectivity index (χ3v) is 6.18. The van der Waals surface area contributed by atoms with Crippen LogP contribution >= 0.6 is 11.8 Å². The van der Waals surface area contributed by atoms with Crippen LogP contribution < -0.4 is 10.2 Å². The van der Waals surface area contributed by atoms with Crippen molar-refractivity contribution < 1.29 is 14.5 Å². The van der Waals surface area contributed by atoms with E-state index in [-0.39, 0.29) is 12.3 Å². The molecule has 0 spiro atoms. The molecule has 0 radical (unpaired) electrons. The number of hydrogen-bond donors (Lipinski definition) is 1. The first-order valence-electron chi connectivity index (χ1n) is 9.35. The van der Waals surface area contributed by atoms with Gasteiger partial charge in [0.15, 0.2) is 11.0 Å². The predicted molar refractivity (Wildman–Crippen MR) is 109 cm³/mol. The minimum Gasteiger partial charge on any atom is -0.469 e. The van der Waals surface area contributed by atoms with Gasteiger partial charge in [-0.3, -0.25) is 0 Å². The lowest BCUT2D eigenvalue weighted by Gasteiger charge is -2.14. The molecule has 0 saturated carbocycles. The number of aryl methyl sites for hydroxylation is 1. The molecule has 3 heterocycles. The van der Waals surface area contributed by atoms with Crippen molar-refractivity contribution in [3.8, 4) is 11.4 Å². The number of ether oxygens (including phenoxy) is 1. The summed E-state index contributed by atoms with van der Waals surface area (Å²) in [7, 11) is 6.08. The SMILES string of the molecule is Cc1occc1-c1nnc(SC[C@H]2C[NH2+][C@@H](c3ccc(N(C)C)cc3)O2)n1C. The summed E-state index contributed by atoms with van der Waals surface area (Å²) in [5.41, 5.74) is 3.38. The summed E-state index contributed by atoms with van der Waals surface area (Å²) in [6.45, 7) is 2.88. The van der Waals surface area contributed by atoms with Gasteiger partial charge in [0.1, 0.15) is 18.4 Å². The molecule has 4 rings (SSSR count). The summed E-state index contributed by atoms with van der Waals surface area (Å²) in [5.74, 6) is 2.52. The average molecular weight is 401 g/mol. The summed E-state index contributed by atoms with van der Waals surface area (Å²) < 4.78 is 13.6. The van der Waals surface area contributed by atoms with Crippen molar-refractivity contribution in [2.45, 2.75) is 24.4 Å². The van der Waals surface area contributed by atoms with E-state index in [2.05, 4.69) is 44.7 Å². The van der Waals surface area contributed by atoms with E-state index in [0.717, 1.165) is 34.6 Å². The molecule has 8 heteroatoms. The highest BCUT2D eigenvalue weighted by Gasteiger charge is 2.30. The molecule has 3 aromatic rings. The third-order valence-electron chi connectivity index (χ3n) is 5.02. The van der Waals surface area contributed by atoms with Crippen molar-refractivity contribution in [2.24, 2.45) is 7.05 Å². The molecule has 28 heavy (non-hydrogen) atoms. The number of nitrogens with zero attached hydrogens (tertiary/aromatic N) is 4. The van der Waals surface area contributed by atoms with Crippen LogP contribution in [-0.2, 0) is 11.8 Å². The van der Waals surface area contributed by atoms with Crippen LogP contribution in [0.1, 0.15) is 17.6 Å². The molecule has 1 aromatic carbocycles. The number of thioether (sulfide) groups is 1. The fraction of sp³-hybridized carbons (Fsp3) is 0.400. The Kier molecular flexibility index (Phi) is 5.43. The van der Waals surface area contributed by atoms with Gasteiger partial charge in [0.05, 0.1) is 11.8 Å². The van der Waals surface area contributed by atoms with E-state index in [1.54, 1.807) is 18.0 Å². The Hall–Kier alpha value is -2.29. The number of rotatable bonds is 6. The lowest BCUT2D eigenvalue weighted by atomic mass is 10.2. The summed E-state index contributed by atoms with van der Waals surface area (Å²) >= 11 is 1.68. The van der Waals surface area contributed by atoms with Crippen molar-refractivity contribution in [1.29, 1.82) is 0 Å². The van der Waals surface area contributed by atoms with E-state index in [4.69, 9.17) is 9.15 Å². The summed E-state index contributed by atoms with van der Waals surface area (Å²) in [4.78, 5) is 2.10. The number of hydrogen-bond acceptors (Lipinski definition) is 6. The average Bonchev–Trinajstić information content (AvgIpc) is 3.41. The van der Waals surface area contributed by atoms with Crippen molar-refractivity contribution in [1.82, 2.24) is 14.8 Å². The lowest BCUT2D eigenvalue weighted by molar-refractivity contribution is -0.697. The van der Waals surface area contributed by atoms with Crippen LogP contribution in [0.3, 0.4) is 0 Å². The molecule has 1 saturated heterocycles. The first-order valence-corrected chi connectivity index (χ1v) is 10.3. The van der Waals surface area contributed by atoms with Gasteiger partial charge in [-0.05, 0) is 37.3 Å². The van der Waals surface area contributed by atoms with Crippen molar-refractivity contribution in [3.05, 3.63) is 47.9 Å². The summed E-state index contributed by atoms with van der Waals surface area (Å²) in [6, 6.07) is 10.5. The number of aromatic nitrogens is 3. The van der Waals surface area contributed by atoms with Crippen LogP contribution in [0, 0.1) is 6.92 Å². The van der Waals surface area contributed by atoms with Crippen LogP contribution in [0.4, 0.5) is 5.69 Å². The second-order valence-corrected chi connectivity index (χ2v) is 8.19. The Morgan fingerprint density at radius 2 is 2.00 bits per heavy atom. The fourth-order valence-corrected chi connectivity index (χ4v) is 4.27. The van der Waals surface area contributed by atoms with E-state index < -0.39 is 0 Å². The zero-order valence-corrected chi connectivity index (χ0v) is 17.4. The number of furan rings is 1. The first-order chi connectivity index (χ1) is 13.5. The van der Waals surface area contributed by atoms with Gasteiger partial charge >= 0.3 is 0 Å². The molecular formula is C20H26N5O2S+. The van der Waals surface area contributed by atoms with Gasteiger partial charge in [-0.2, -0.15) is 0 Å². The Bertz CT molecular complexity index is 934. The molecule has 0 aliphatic carbocycles. The van der Waals surface area contributed by atoms with E-state index in [1.807, 2.05) is 38.7 Å². The largest absolute Gasteiger partial charge is 0.469 e. The normalized spacial score (nSPS) is 19.3. The van der Waals surface area contributed by atoms with E-state index in [1.165, 1.54) is 11.3 Å². The van der Waals surface area contributed by atoms with Gasteiger partial charge in [-0.1, -0.05) is 11.8 Å². The van der Waals surface area contributed by atoms with Gasteiger partial charge < -0.3 is 23.9 Å². The monoisotopic (exact) mass is 400 g/mol. The second-order valence-electron chi connectivity index (χ2n) is 7.20. The molecule has 2 N–H and O–H groups in total. The summed E-state index contributed by atoms with van der Waals surface area (Å²) in [6.07, 6.45) is 1.92. The van der Waals surface area contributed by atoms with E-state index >= 15 is 0 Å². The van der Waals surface area contributed by atoms with Gasteiger partial charge in [-0.15, -0.1) is 10.2 Å². The van der Waals surface area contributed by atoms with Crippen molar-refractivity contribution in [3.63, 3.8) is 0 Å². The molecule has 0 unspecified atom stereocenters. The van der Waals surface area contributed by atoms with Crippen LogP contribution in [0.5, 0.6) is 0 Å². The van der Waals surface area contributed by atoms with Crippen LogP contribution in [0.15, 0.2) is 46.2 Å². The maximum absolute atomic E-state index is 6.25. The molecule has 2 atom stereocenters.